The summed E-state index contributed by atoms with van der Waals surface area (Å²) in [6.45, 7) is 5.26. The molecule has 0 spiro atoms. The molecule has 1 aromatic carbocycles. The first kappa shape index (κ1) is 12.1. The molecule has 4 N–H and O–H groups in total. The van der Waals surface area contributed by atoms with Crippen LogP contribution in [0.3, 0.4) is 0 Å². The number of hydrogen-bond acceptors (Lipinski definition) is 4. The summed E-state index contributed by atoms with van der Waals surface area (Å²) in [5.41, 5.74) is 8.37. The van der Waals surface area contributed by atoms with Crippen molar-refractivity contribution in [3.63, 3.8) is 0 Å². The second kappa shape index (κ2) is 4.49. The van der Waals surface area contributed by atoms with Gasteiger partial charge < -0.3 is 16.0 Å². The van der Waals surface area contributed by atoms with Gasteiger partial charge in [0, 0.05) is 17.0 Å². The van der Waals surface area contributed by atoms with Crippen molar-refractivity contribution in [3.05, 3.63) is 18.2 Å². The molecule has 0 atom stereocenters. The predicted molar refractivity (Wildman–Crippen MR) is 76.6 cm³/mol. The van der Waals surface area contributed by atoms with E-state index in [-0.39, 0.29) is 4.75 Å². The fourth-order valence-electron chi connectivity index (χ4n) is 1.48. The van der Waals surface area contributed by atoms with Gasteiger partial charge in [0.1, 0.15) is 0 Å². The number of anilines is 2. The Morgan fingerprint density at radius 1 is 1.47 bits per heavy atom. The van der Waals surface area contributed by atoms with E-state index in [1.165, 1.54) is 0 Å². The lowest BCUT2D eigenvalue weighted by molar-refractivity contribution is 0.748. The maximum atomic E-state index is 5.73. The van der Waals surface area contributed by atoms with Crippen molar-refractivity contribution in [2.75, 3.05) is 23.9 Å². The summed E-state index contributed by atoms with van der Waals surface area (Å²) in [6, 6.07) is 5.68. The molecule has 0 aliphatic heterocycles. The lowest BCUT2D eigenvalue weighted by atomic mass is 10.2. The maximum absolute atomic E-state index is 5.73. The normalized spacial score (nSPS) is 11.9. The summed E-state index contributed by atoms with van der Waals surface area (Å²) in [7, 11) is 0. The van der Waals surface area contributed by atoms with Gasteiger partial charge in [0.2, 0.25) is 5.95 Å². The van der Waals surface area contributed by atoms with Crippen LogP contribution in [0.5, 0.6) is 0 Å². The summed E-state index contributed by atoms with van der Waals surface area (Å²) in [4.78, 5) is 7.68. The summed E-state index contributed by atoms with van der Waals surface area (Å²) in [5, 5.41) is 3.32. The lowest BCUT2D eigenvalue weighted by Gasteiger charge is -2.21. The van der Waals surface area contributed by atoms with Gasteiger partial charge in [-0.15, -0.1) is 0 Å². The minimum absolute atomic E-state index is 0.192. The van der Waals surface area contributed by atoms with Gasteiger partial charge in [0.15, 0.2) is 0 Å². The number of nitrogens with two attached hydrogens (primary N) is 1. The highest BCUT2D eigenvalue weighted by atomic mass is 32.2. The lowest BCUT2D eigenvalue weighted by Crippen LogP contribution is -2.26. The Bertz CT molecular complexity index is 518. The van der Waals surface area contributed by atoms with Crippen molar-refractivity contribution in [2.24, 2.45) is 0 Å². The average Bonchev–Trinajstić information content (AvgIpc) is 2.68. The average molecular weight is 250 g/mol. The van der Waals surface area contributed by atoms with Crippen LogP contribution < -0.4 is 11.1 Å². The molecule has 0 fully saturated rings. The van der Waals surface area contributed by atoms with E-state index in [1.54, 1.807) is 0 Å². The predicted octanol–water partition coefficient (Wildman–Crippen LogP) is 2.70. The number of aromatic nitrogens is 2. The molecule has 1 aromatic heterocycles. The van der Waals surface area contributed by atoms with E-state index in [2.05, 4.69) is 35.4 Å². The van der Waals surface area contributed by atoms with Crippen LogP contribution in [0, 0.1) is 0 Å². The van der Waals surface area contributed by atoms with Crippen molar-refractivity contribution in [1.29, 1.82) is 0 Å². The largest absolute Gasteiger partial charge is 0.399 e. The Labute approximate surface area is 105 Å². The van der Waals surface area contributed by atoms with Crippen molar-refractivity contribution >= 4 is 34.4 Å². The first-order valence-corrected chi connectivity index (χ1v) is 6.77. The highest BCUT2D eigenvalue weighted by Crippen LogP contribution is 2.22. The third-order valence-corrected chi connectivity index (χ3v) is 3.99. The zero-order valence-electron chi connectivity index (χ0n) is 10.4. The fraction of sp³-hybridized carbons (Fsp3) is 0.417. The number of aromatic amines is 1. The third kappa shape index (κ3) is 2.85. The topological polar surface area (TPSA) is 66.7 Å². The zero-order valence-corrected chi connectivity index (χ0v) is 11.2. The van der Waals surface area contributed by atoms with E-state index in [0.29, 0.717) is 0 Å². The highest BCUT2D eigenvalue weighted by molar-refractivity contribution is 7.99. The molecule has 0 aliphatic rings. The van der Waals surface area contributed by atoms with Crippen LogP contribution in [0.4, 0.5) is 11.6 Å². The molecule has 0 radical (unpaired) electrons. The monoisotopic (exact) mass is 250 g/mol. The number of H-pyrrole nitrogens is 1. The first-order chi connectivity index (χ1) is 8.00. The smallest absolute Gasteiger partial charge is 0.201 e. The van der Waals surface area contributed by atoms with Gasteiger partial charge in [-0.3, -0.25) is 0 Å². The second-order valence-corrected chi connectivity index (χ2v) is 6.19. The number of thioether (sulfide) groups is 1. The van der Waals surface area contributed by atoms with Gasteiger partial charge in [-0.1, -0.05) is 0 Å². The Kier molecular flexibility index (Phi) is 3.19. The summed E-state index contributed by atoms with van der Waals surface area (Å²) >= 11 is 1.83. The quantitative estimate of drug-likeness (QED) is 0.730. The fourth-order valence-corrected chi connectivity index (χ4v) is 1.70. The summed E-state index contributed by atoms with van der Waals surface area (Å²) < 4.78 is 0.192. The molecule has 0 saturated heterocycles. The molecule has 2 aromatic rings. The van der Waals surface area contributed by atoms with Gasteiger partial charge in [0.25, 0.3) is 0 Å². The molecule has 5 heteroatoms. The first-order valence-electron chi connectivity index (χ1n) is 5.54. The van der Waals surface area contributed by atoms with Crippen molar-refractivity contribution in [2.45, 2.75) is 18.6 Å². The summed E-state index contributed by atoms with van der Waals surface area (Å²) in [6.07, 6.45) is 2.11. The molecule has 2 rings (SSSR count). The van der Waals surface area contributed by atoms with Gasteiger partial charge in [-0.2, -0.15) is 11.8 Å². The molecule has 0 bridgehead atoms. The van der Waals surface area contributed by atoms with Crippen LogP contribution in [-0.4, -0.2) is 27.5 Å². The number of fused-ring (bicyclic) bond motifs is 1. The molecule has 92 valence electrons. The van der Waals surface area contributed by atoms with Crippen LogP contribution in [0.2, 0.25) is 0 Å². The van der Waals surface area contributed by atoms with E-state index in [4.69, 9.17) is 5.73 Å². The molecule has 0 aliphatic carbocycles. The highest BCUT2D eigenvalue weighted by Gasteiger charge is 2.16. The number of nitrogens with zero attached hydrogens (tertiary/aromatic N) is 1. The number of nitrogen functional groups attached to an aromatic ring is 1. The molecule has 0 amide bonds. The minimum atomic E-state index is 0.192. The maximum Gasteiger partial charge on any atom is 0.201 e. The Balaban J connectivity index is 2.15. The molecule has 17 heavy (non-hydrogen) atoms. The molecule has 0 saturated carbocycles. The van der Waals surface area contributed by atoms with Gasteiger partial charge in [-0.05, 0) is 38.3 Å². The Morgan fingerprint density at radius 3 is 2.94 bits per heavy atom. The van der Waals surface area contributed by atoms with Gasteiger partial charge in [-0.25, -0.2) is 4.98 Å². The number of imidazole rings is 1. The van der Waals surface area contributed by atoms with Gasteiger partial charge >= 0.3 is 0 Å². The van der Waals surface area contributed by atoms with Crippen LogP contribution in [0.15, 0.2) is 18.2 Å². The second-order valence-electron chi connectivity index (χ2n) is 4.68. The van der Waals surface area contributed by atoms with E-state index >= 15 is 0 Å². The van der Waals surface area contributed by atoms with Crippen molar-refractivity contribution in [1.82, 2.24) is 9.97 Å². The molecule has 0 unspecified atom stereocenters. The van der Waals surface area contributed by atoms with Crippen molar-refractivity contribution in [3.8, 4) is 0 Å². The molecular weight excluding hydrogens is 232 g/mol. The third-order valence-electron chi connectivity index (χ3n) is 2.74. The zero-order chi connectivity index (χ0) is 12.5. The molecule has 4 nitrogen and oxygen atoms in total. The van der Waals surface area contributed by atoms with Crippen LogP contribution in [0.25, 0.3) is 11.0 Å². The Morgan fingerprint density at radius 2 is 2.24 bits per heavy atom. The SMILES string of the molecule is CSC(C)(C)CNc1nc2ccc(N)cc2[nH]1. The van der Waals surface area contributed by atoms with E-state index in [0.717, 1.165) is 29.2 Å². The number of benzene rings is 1. The van der Waals surface area contributed by atoms with Gasteiger partial charge in [0.05, 0.1) is 11.0 Å². The van der Waals surface area contributed by atoms with E-state index < -0.39 is 0 Å². The minimum Gasteiger partial charge on any atom is -0.399 e. The number of hydrogen-bond donors (Lipinski definition) is 3. The van der Waals surface area contributed by atoms with Crippen LogP contribution in [0.1, 0.15) is 13.8 Å². The van der Waals surface area contributed by atoms with E-state index in [1.807, 2.05) is 30.0 Å². The van der Waals surface area contributed by atoms with Crippen molar-refractivity contribution < 1.29 is 0 Å². The van der Waals surface area contributed by atoms with Crippen LogP contribution in [-0.2, 0) is 0 Å². The number of rotatable bonds is 4. The van der Waals surface area contributed by atoms with E-state index in [9.17, 15) is 0 Å². The standard InChI is InChI=1S/C12H18N4S/c1-12(2,17-3)7-14-11-15-9-5-4-8(13)6-10(9)16-11/h4-6H,7,13H2,1-3H3,(H2,14,15,16). The van der Waals surface area contributed by atoms with Crippen LogP contribution >= 0.6 is 11.8 Å². The molecular formula is C12H18N4S. The summed E-state index contributed by atoms with van der Waals surface area (Å²) in [5.74, 6) is 0.799. The number of nitrogens with one attached hydrogen (secondary N) is 2. The molecule has 1 heterocycles. The Hall–Kier alpha value is -1.36.